The highest BCUT2D eigenvalue weighted by Crippen LogP contribution is 2.33. The lowest BCUT2D eigenvalue weighted by Crippen LogP contribution is -2.54. The Morgan fingerprint density at radius 3 is 2.26 bits per heavy atom. The predicted octanol–water partition coefficient (Wildman–Crippen LogP) is 1.93. The lowest BCUT2D eigenvalue weighted by molar-refractivity contribution is -0.136. The fourth-order valence-electron chi connectivity index (χ4n) is 7.64. The molecule has 3 aliphatic rings. The Balaban J connectivity index is 0.753. The Morgan fingerprint density at radius 2 is 1.52 bits per heavy atom. The van der Waals surface area contributed by atoms with Crippen LogP contribution < -0.4 is 32.7 Å². The van der Waals surface area contributed by atoms with Crippen molar-refractivity contribution in [2.45, 2.75) is 63.2 Å². The van der Waals surface area contributed by atoms with Gasteiger partial charge in [-0.1, -0.05) is 25.0 Å². The van der Waals surface area contributed by atoms with Crippen LogP contribution in [0, 0.1) is 0 Å². The summed E-state index contributed by atoms with van der Waals surface area (Å²) in [6, 6.07) is 11.7. The summed E-state index contributed by atoms with van der Waals surface area (Å²) >= 11 is 0. The van der Waals surface area contributed by atoms with Crippen LogP contribution in [0.5, 0.6) is 0 Å². The van der Waals surface area contributed by atoms with Gasteiger partial charge in [-0.25, -0.2) is 0 Å². The van der Waals surface area contributed by atoms with Crippen molar-refractivity contribution in [3.63, 3.8) is 0 Å². The molecule has 20 heteroatoms. The maximum atomic E-state index is 13.2. The molecule has 20 nitrogen and oxygen atoms in total. The van der Waals surface area contributed by atoms with Crippen LogP contribution in [0.25, 0.3) is 10.9 Å². The molecule has 5 amide bonds. The monoisotopic (exact) mass is 841 g/mol. The number of nitrogens with zero attached hydrogens (tertiary/aromatic N) is 5. The Labute approximate surface area is 351 Å². The number of rotatable bonds is 22. The highest BCUT2D eigenvalue weighted by Gasteiger charge is 2.45. The van der Waals surface area contributed by atoms with Crippen LogP contribution in [0.2, 0.25) is 0 Å². The van der Waals surface area contributed by atoms with Gasteiger partial charge in [0.2, 0.25) is 17.8 Å². The molecule has 1 unspecified atom stereocenters. The third-order valence-electron chi connectivity index (χ3n) is 10.7. The van der Waals surface area contributed by atoms with Crippen molar-refractivity contribution in [1.29, 1.82) is 0 Å². The second-order valence-corrected chi connectivity index (χ2v) is 14.8. The number of hydrogen-bond donors (Lipinski definition) is 6. The van der Waals surface area contributed by atoms with E-state index in [1.165, 1.54) is 0 Å². The van der Waals surface area contributed by atoms with Crippen LogP contribution in [-0.2, 0) is 35.1 Å². The van der Waals surface area contributed by atoms with Crippen LogP contribution >= 0.6 is 0 Å². The number of carbonyl (C=O) groups excluding carboxylic acids is 5. The molecule has 61 heavy (non-hydrogen) atoms. The minimum absolute atomic E-state index is 0.0160. The van der Waals surface area contributed by atoms with E-state index in [1.54, 1.807) is 18.2 Å². The fourth-order valence-corrected chi connectivity index (χ4v) is 7.64. The molecule has 2 aromatic carbocycles. The molecule has 2 fully saturated rings. The topological polar surface area (TPSA) is 269 Å². The van der Waals surface area contributed by atoms with Gasteiger partial charge in [0.15, 0.2) is 11.5 Å². The lowest BCUT2D eigenvalue weighted by Gasteiger charge is -2.29. The first-order valence-corrected chi connectivity index (χ1v) is 20.5. The van der Waals surface area contributed by atoms with Crippen molar-refractivity contribution >= 4 is 63.6 Å². The van der Waals surface area contributed by atoms with Gasteiger partial charge in [-0.3, -0.25) is 34.2 Å². The number of nitrogens with two attached hydrogens (primary N) is 2. The number of nitrogens with one attached hydrogen (secondary N) is 4. The molecule has 7 rings (SSSR count). The molecule has 0 bridgehead atoms. The average Bonchev–Trinajstić information content (AvgIpc) is 3.78. The summed E-state index contributed by atoms with van der Waals surface area (Å²) in [5.74, 6) is -2.46. The molecule has 2 aliphatic heterocycles. The van der Waals surface area contributed by atoms with Gasteiger partial charge >= 0.3 is 0 Å². The number of benzene rings is 2. The molecule has 324 valence electrons. The van der Waals surface area contributed by atoms with E-state index in [9.17, 15) is 24.0 Å². The number of fused-ring (bicyclic) bond motifs is 2. The van der Waals surface area contributed by atoms with E-state index in [0.29, 0.717) is 71.6 Å². The summed E-state index contributed by atoms with van der Waals surface area (Å²) in [7, 11) is 0. The van der Waals surface area contributed by atoms with Crippen LogP contribution in [-0.4, -0.2) is 132 Å². The van der Waals surface area contributed by atoms with Gasteiger partial charge in [-0.2, -0.15) is 4.98 Å². The number of piperidine rings is 1. The van der Waals surface area contributed by atoms with Gasteiger partial charge in [-0.05, 0) is 49.6 Å². The molecule has 4 aromatic rings. The molecule has 1 saturated heterocycles. The summed E-state index contributed by atoms with van der Waals surface area (Å²) in [6.45, 7) is 4.11. The van der Waals surface area contributed by atoms with Crippen LogP contribution in [0.3, 0.4) is 0 Å². The Morgan fingerprint density at radius 1 is 0.820 bits per heavy atom. The molecule has 1 aliphatic carbocycles. The largest absolute Gasteiger partial charge is 0.382 e. The van der Waals surface area contributed by atoms with Gasteiger partial charge in [0.1, 0.15) is 6.04 Å². The number of anilines is 4. The molecular formula is C41H51N11O9. The van der Waals surface area contributed by atoms with E-state index in [2.05, 4.69) is 41.0 Å². The third kappa shape index (κ3) is 10.5. The van der Waals surface area contributed by atoms with Crippen molar-refractivity contribution in [3.8, 4) is 0 Å². The Kier molecular flexibility index (Phi) is 14.4. The lowest BCUT2D eigenvalue weighted by atomic mass is 9.91. The van der Waals surface area contributed by atoms with Gasteiger partial charge in [0.05, 0.1) is 69.5 Å². The van der Waals surface area contributed by atoms with Gasteiger partial charge in [-0.15, -0.1) is 10.2 Å². The second kappa shape index (κ2) is 20.5. The van der Waals surface area contributed by atoms with Crippen LogP contribution in [0.1, 0.15) is 69.7 Å². The van der Waals surface area contributed by atoms with E-state index in [-0.39, 0.29) is 53.5 Å². The second-order valence-electron chi connectivity index (χ2n) is 14.8. The molecule has 8 N–H and O–H groups in total. The zero-order valence-corrected chi connectivity index (χ0v) is 33.7. The maximum absolute atomic E-state index is 13.2. The number of carbonyl (C=O) groups is 5. The summed E-state index contributed by atoms with van der Waals surface area (Å²) < 4.78 is 24.8. The number of amides is 5. The normalized spacial score (nSPS) is 19.0. The van der Waals surface area contributed by atoms with E-state index < -0.39 is 35.6 Å². The molecule has 1 saturated carbocycles. The van der Waals surface area contributed by atoms with E-state index in [0.717, 1.165) is 47.2 Å². The fraction of sp³-hybridized carbons (Fsp3) is 0.463. The quantitative estimate of drug-likeness (QED) is 0.0488. The highest BCUT2D eigenvalue weighted by atomic mass is 16.6. The minimum atomic E-state index is -1.02. The Hall–Kier alpha value is -6.06. The van der Waals surface area contributed by atoms with Gasteiger partial charge < -0.3 is 50.9 Å². The zero-order chi connectivity index (χ0) is 42.7. The smallest absolute Gasteiger partial charge is 0.273 e. The summed E-state index contributed by atoms with van der Waals surface area (Å²) in [4.78, 5) is 67.8. The Bertz CT molecular complexity index is 2230. The standard InChI is InChI=1S/C41H51N11O9/c42-27-6-1-2-7-29(27)46-41-48-37(35(36(43)54)49-50-41)45-28-8-4-10-31-25(28)13-15-51(31)16-18-59-20-22-61-24-23-60-21-19-58-17-14-44-30-9-3-5-26-34(30)40(57)52(39(26)56)32-11-12-33(53)47-38(32)55/h3-5,8-10,13,15,27,29,32,44H,1-2,6-7,11-12,14,16-24,42H2,(H2,43,54)(H,47,53,55)(H2,45,46,48,50)/t27-,29+,32?/m0/s1. The predicted molar refractivity (Wildman–Crippen MR) is 222 cm³/mol. The summed E-state index contributed by atoms with van der Waals surface area (Å²) in [5.41, 5.74) is 14.4. The number of primary amides is 1. The third-order valence-corrected chi connectivity index (χ3v) is 10.7. The average molecular weight is 842 g/mol. The molecule has 2 aromatic heterocycles. The first kappa shape index (κ1) is 43.0. The molecule has 4 heterocycles. The minimum Gasteiger partial charge on any atom is -0.382 e. The molecule has 3 atom stereocenters. The number of imide groups is 2. The van der Waals surface area contributed by atoms with Gasteiger partial charge in [0, 0.05) is 54.6 Å². The van der Waals surface area contributed by atoms with Crippen molar-refractivity contribution in [1.82, 2.24) is 30.0 Å². The molecule has 0 spiro atoms. The van der Waals surface area contributed by atoms with Crippen molar-refractivity contribution < 1.29 is 42.9 Å². The number of hydrogen-bond acceptors (Lipinski definition) is 16. The van der Waals surface area contributed by atoms with Gasteiger partial charge in [0.25, 0.3) is 17.7 Å². The SMILES string of the molecule is NC(=O)c1nnc(N[C@@H]2CCCC[C@@H]2N)nc1Nc1cccc2c1ccn2CCOCCOCCOCCOCCNc1cccc2c1C(=O)N(C1CCC(=O)NC1=O)C2=O. The first-order valence-electron chi connectivity index (χ1n) is 20.5. The molecular weight excluding hydrogens is 791 g/mol. The van der Waals surface area contributed by atoms with Crippen molar-refractivity contribution in [2.24, 2.45) is 11.5 Å². The maximum Gasteiger partial charge on any atom is 0.273 e. The summed E-state index contributed by atoms with van der Waals surface area (Å²) in [5, 5.41) is 20.9. The number of aromatic nitrogens is 4. The van der Waals surface area contributed by atoms with Crippen LogP contribution in [0.4, 0.5) is 23.1 Å². The van der Waals surface area contributed by atoms with Crippen molar-refractivity contribution in [3.05, 3.63) is 65.5 Å². The van der Waals surface area contributed by atoms with Crippen LogP contribution in [0.15, 0.2) is 48.7 Å². The first-order chi connectivity index (χ1) is 29.7. The van der Waals surface area contributed by atoms with E-state index >= 15 is 0 Å². The van der Waals surface area contributed by atoms with E-state index in [4.69, 9.17) is 30.4 Å². The number of ether oxygens (including phenoxy) is 4. The summed E-state index contributed by atoms with van der Waals surface area (Å²) in [6.07, 6.45) is 6.10. The zero-order valence-electron chi connectivity index (χ0n) is 33.7. The van der Waals surface area contributed by atoms with E-state index in [1.807, 2.05) is 30.5 Å². The molecule has 0 radical (unpaired) electrons. The highest BCUT2D eigenvalue weighted by molar-refractivity contribution is 6.25. The van der Waals surface area contributed by atoms with Crippen molar-refractivity contribution in [2.75, 3.05) is 75.4 Å².